The van der Waals surface area contributed by atoms with Gasteiger partial charge < -0.3 is 10.4 Å². The molecule has 0 aliphatic rings. The quantitative estimate of drug-likeness (QED) is 0.786. The van der Waals surface area contributed by atoms with Crippen LogP contribution in [0.1, 0.15) is 36.7 Å². The Kier molecular flexibility index (Phi) is 5.46. The highest BCUT2D eigenvalue weighted by Crippen LogP contribution is 2.10. The Morgan fingerprint density at radius 3 is 2.77 bits per heavy atom. The highest BCUT2D eigenvalue weighted by atomic mass is 16.3. The summed E-state index contributed by atoms with van der Waals surface area (Å²) in [4.78, 5) is 18.8. The molecule has 120 valence electrons. The summed E-state index contributed by atoms with van der Waals surface area (Å²) in [6.45, 7) is 8.62. The number of nitrogens with one attached hydrogen (secondary N) is 1. The minimum atomic E-state index is -0.301. The van der Waals surface area contributed by atoms with E-state index in [0.29, 0.717) is 11.2 Å². The Morgan fingerprint density at radius 2 is 2.14 bits per heavy atom. The zero-order valence-electron chi connectivity index (χ0n) is 13.3. The van der Waals surface area contributed by atoms with E-state index in [-0.39, 0.29) is 18.6 Å². The average molecular weight is 305 g/mol. The summed E-state index contributed by atoms with van der Waals surface area (Å²) in [5.41, 5.74) is 1.98. The van der Waals surface area contributed by atoms with Crippen molar-refractivity contribution in [3.8, 4) is 0 Å². The van der Waals surface area contributed by atoms with Crippen LogP contribution >= 0.6 is 0 Å². The Morgan fingerprint density at radius 1 is 1.41 bits per heavy atom. The Bertz CT molecular complexity index is 636. The second-order valence-corrected chi connectivity index (χ2v) is 5.31. The van der Waals surface area contributed by atoms with Crippen molar-refractivity contribution in [3.63, 3.8) is 0 Å². The van der Waals surface area contributed by atoms with E-state index in [0.717, 1.165) is 25.2 Å². The SMILES string of the molecule is CCN(CC)Cc1cnc2c(C(=O)N[C@H](C)CO)cnn2c1. The molecule has 0 aliphatic heterocycles. The third-order valence-electron chi connectivity index (χ3n) is 3.61. The number of fused-ring (bicyclic) bond motifs is 1. The van der Waals surface area contributed by atoms with E-state index < -0.39 is 0 Å². The molecular formula is C15H23N5O2. The predicted octanol–water partition coefficient (Wildman–Crippen LogP) is 0.682. The van der Waals surface area contributed by atoms with Crippen LogP contribution in [0.25, 0.3) is 5.65 Å². The van der Waals surface area contributed by atoms with Crippen LogP contribution in [0.3, 0.4) is 0 Å². The van der Waals surface area contributed by atoms with E-state index in [1.54, 1.807) is 17.6 Å². The van der Waals surface area contributed by atoms with E-state index in [1.807, 2.05) is 6.20 Å². The highest BCUT2D eigenvalue weighted by molar-refractivity contribution is 5.99. The van der Waals surface area contributed by atoms with Crippen molar-refractivity contribution in [1.29, 1.82) is 0 Å². The van der Waals surface area contributed by atoms with Crippen LogP contribution in [0.5, 0.6) is 0 Å². The lowest BCUT2D eigenvalue weighted by molar-refractivity contribution is 0.0924. The Labute approximate surface area is 130 Å². The van der Waals surface area contributed by atoms with Crippen molar-refractivity contribution in [2.75, 3.05) is 19.7 Å². The fourth-order valence-corrected chi connectivity index (χ4v) is 2.21. The Hall–Kier alpha value is -1.99. The molecule has 2 N–H and O–H groups in total. The lowest BCUT2D eigenvalue weighted by atomic mass is 10.2. The van der Waals surface area contributed by atoms with Crippen molar-refractivity contribution < 1.29 is 9.90 Å². The number of amides is 1. The van der Waals surface area contributed by atoms with Gasteiger partial charge in [-0.3, -0.25) is 9.69 Å². The van der Waals surface area contributed by atoms with Crippen LogP contribution in [-0.2, 0) is 6.54 Å². The van der Waals surface area contributed by atoms with E-state index in [4.69, 9.17) is 5.11 Å². The van der Waals surface area contributed by atoms with Gasteiger partial charge in [-0.1, -0.05) is 13.8 Å². The molecule has 0 aliphatic carbocycles. The summed E-state index contributed by atoms with van der Waals surface area (Å²) in [6.07, 6.45) is 5.18. The lowest BCUT2D eigenvalue weighted by Crippen LogP contribution is -2.35. The number of hydrogen-bond donors (Lipinski definition) is 2. The molecule has 0 radical (unpaired) electrons. The van der Waals surface area contributed by atoms with Crippen molar-refractivity contribution in [2.24, 2.45) is 0 Å². The van der Waals surface area contributed by atoms with Crippen molar-refractivity contribution in [2.45, 2.75) is 33.4 Å². The normalized spacial score (nSPS) is 12.8. The smallest absolute Gasteiger partial charge is 0.257 e. The fraction of sp³-hybridized carbons (Fsp3) is 0.533. The lowest BCUT2D eigenvalue weighted by Gasteiger charge is -2.17. The van der Waals surface area contributed by atoms with Gasteiger partial charge in [0.25, 0.3) is 5.91 Å². The maximum absolute atomic E-state index is 12.1. The van der Waals surface area contributed by atoms with Gasteiger partial charge in [-0.25, -0.2) is 9.50 Å². The fourth-order valence-electron chi connectivity index (χ4n) is 2.21. The van der Waals surface area contributed by atoms with E-state index in [1.165, 1.54) is 6.20 Å². The number of aliphatic hydroxyl groups is 1. The molecule has 0 unspecified atom stereocenters. The second-order valence-electron chi connectivity index (χ2n) is 5.31. The molecule has 7 heteroatoms. The minimum absolute atomic E-state index is 0.105. The van der Waals surface area contributed by atoms with Gasteiger partial charge in [-0.15, -0.1) is 0 Å². The minimum Gasteiger partial charge on any atom is -0.394 e. The van der Waals surface area contributed by atoms with Crippen molar-refractivity contribution in [1.82, 2.24) is 24.8 Å². The van der Waals surface area contributed by atoms with Crippen LogP contribution in [-0.4, -0.2) is 56.2 Å². The third-order valence-corrected chi connectivity index (χ3v) is 3.61. The molecule has 0 aromatic carbocycles. The number of aromatic nitrogens is 3. The predicted molar refractivity (Wildman–Crippen MR) is 83.6 cm³/mol. The summed E-state index contributed by atoms with van der Waals surface area (Å²) in [6, 6.07) is -0.301. The molecular weight excluding hydrogens is 282 g/mol. The first-order valence-electron chi connectivity index (χ1n) is 7.55. The zero-order chi connectivity index (χ0) is 16.1. The maximum atomic E-state index is 12.1. The summed E-state index contributed by atoms with van der Waals surface area (Å²) in [5, 5.41) is 15.9. The van der Waals surface area contributed by atoms with Crippen molar-refractivity contribution in [3.05, 3.63) is 29.7 Å². The number of rotatable bonds is 7. The van der Waals surface area contributed by atoms with Gasteiger partial charge in [0.2, 0.25) is 0 Å². The molecule has 0 spiro atoms. The maximum Gasteiger partial charge on any atom is 0.257 e. The first-order valence-corrected chi connectivity index (χ1v) is 7.55. The molecule has 0 fully saturated rings. The molecule has 1 amide bonds. The summed E-state index contributed by atoms with van der Waals surface area (Å²) < 4.78 is 1.62. The molecule has 2 aromatic rings. The molecule has 0 saturated heterocycles. The van der Waals surface area contributed by atoms with Gasteiger partial charge in [0.05, 0.1) is 12.8 Å². The molecule has 2 rings (SSSR count). The van der Waals surface area contributed by atoms with Crippen LogP contribution in [0.4, 0.5) is 0 Å². The monoisotopic (exact) mass is 305 g/mol. The standard InChI is InChI=1S/C15H23N5O2/c1-4-19(5-2)8-12-6-16-14-13(7-17-20(14)9-12)15(22)18-11(3)10-21/h6-7,9,11,21H,4-5,8,10H2,1-3H3,(H,18,22)/t11-/m1/s1. The van der Waals surface area contributed by atoms with E-state index in [9.17, 15) is 4.79 Å². The van der Waals surface area contributed by atoms with E-state index in [2.05, 4.69) is 34.1 Å². The number of hydrogen-bond acceptors (Lipinski definition) is 5. The molecule has 0 bridgehead atoms. The largest absolute Gasteiger partial charge is 0.394 e. The first-order chi connectivity index (χ1) is 10.6. The number of carbonyl (C=O) groups excluding carboxylic acids is 1. The van der Waals surface area contributed by atoms with Gasteiger partial charge in [0.1, 0.15) is 5.56 Å². The second kappa shape index (κ2) is 7.33. The van der Waals surface area contributed by atoms with Gasteiger partial charge in [0.15, 0.2) is 5.65 Å². The van der Waals surface area contributed by atoms with Gasteiger partial charge in [-0.2, -0.15) is 5.10 Å². The Balaban J connectivity index is 2.21. The van der Waals surface area contributed by atoms with Crippen LogP contribution in [0, 0.1) is 0 Å². The molecule has 7 nitrogen and oxygen atoms in total. The number of carbonyl (C=O) groups is 1. The van der Waals surface area contributed by atoms with Gasteiger partial charge >= 0.3 is 0 Å². The zero-order valence-corrected chi connectivity index (χ0v) is 13.3. The number of nitrogens with zero attached hydrogens (tertiary/aromatic N) is 4. The van der Waals surface area contributed by atoms with Crippen LogP contribution in [0.15, 0.2) is 18.6 Å². The summed E-state index contributed by atoms with van der Waals surface area (Å²) >= 11 is 0. The molecule has 22 heavy (non-hydrogen) atoms. The topological polar surface area (TPSA) is 82.8 Å². The highest BCUT2D eigenvalue weighted by Gasteiger charge is 2.16. The third kappa shape index (κ3) is 3.61. The van der Waals surface area contributed by atoms with Gasteiger partial charge in [-0.05, 0) is 20.0 Å². The van der Waals surface area contributed by atoms with Crippen LogP contribution in [0.2, 0.25) is 0 Å². The van der Waals surface area contributed by atoms with Crippen LogP contribution < -0.4 is 5.32 Å². The summed E-state index contributed by atoms with van der Waals surface area (Å²) in [5.74, 6) is -0.277. The molecule has 1 atom stereocenters. The summed E-state index contributed by atoms with van der Waals surface area (Å²) in [7, 11) is 0. The molecule has 2 heterocycles. The number of aliphatic hydroxyl groups excluding tert-OH is 1. The molecule has 2 aromatic heterocycles. The van der Waals surface area contributed by atoms with E-state index >= 15 is 0 Å². The van der Waals surface area contributed by atoms with Crippen molar-refractivity contribution >= 4 is 11.6 Å². The first kappa shape index (κ1) is 16.4. The molecule has 0 saturated carbocycles. The average Bonchev–Trinajstić information content (AvgIpc) is 2.95. The van der Waals surface area contributed by atoms with Gasteiger partial charge in [0, 0.05) is 30.5 Å².